The van der Waals surface area contributed by atoms with Crippen LogP contribution in [0.1, 0.15) is 369 Å². The molecule has 0 bridgehead atoms. The number of benzene rings is 2. The number of likely N-dealkylation sites (tertiary alicyclic amines) is 1. The van der Waals surface area contributed by atoms with Crippen molar-refractivity contribution in [3.63, 3.8) is 0 Å². The van der Waals surface area contributed by atoms with Gasteiger partial charge in [0, 0.05) is 98.3 Å². The highest BCUT2D eigenvalue weighted by Crippen LogP contribution is 2.45. The van der Waals surface area contributed by atoms with E-state index in [-0.39, 0.29) is 101 Å². The summed E-state index contributed by atoms with van der Waals surface area (Å²) in [5.74, 6) is 0.377. The van der Waals surface area contributed by atoms with Crippen molar-refractivity contribution >= 4 is 46.5 Å². The molecule has 2 aliphatic heterocycles. The predicted octanol–water partition coefficient (Wildman–Crippen LogP) is 22.5. The van der Waals surface area contributed by atoms with Gasteiger partial charge in [0.05, 0.1) is 28.4 Å². The van der Waals surface area contributed by atoms with Crippen LogP contribution in [0.4, 0.5) is 17.1 Å². The van der Waals surface area contributed by atoms with E-state index >= 15 is 0 Å². The Balaban J connectivity index is 0.00000132. The molecule has 7 rings (SSSR count). The smallest absolute Gasteiger partial charge is 0.253 e. The van der Waals surface area contributed by atoms with Crippen molar-refractivity contribution in [1.82, 2.24) is 45.5 Å². The van der Waals surface area contributed by atoms with E-state index in [1.54, 1.807) is 0 Å². The van der Waals surface area contributed by atoms with E-state index in [2.05, 4.69) is 266 Å². The average molecular weight is 1590 g/mol. The van der Waals surface area contributed by atoms with Gasteiger partial charge in [-0.15, -0.1) is 10.2 Å². The topological polar surface area (TPSA) is 236 Å². The third-order valence-corrected chi connectivity index (χ3v) is 16.7. The molecular weight excluding hydrogens is 1420 g/mol. The zero-order chi connectivity index (χ0) is 90.7. The fourth-order valence-corrected chi connectivity index (χ4v) is 12.0. The second-order valence-corrected chi connectivity index (χ2v) is 48.5. The Hall–Kier alpha value is -7.05. The summed E-state index contributed by atoms with van der Waals surface area (Å²) in [5.41, 5.74) is 7.37. The largest absolute Gasteiger partial charge is 0.375 e. The lowest BCUT2D eigenvalue weighted by atomic mass is 9.78. The highest BCUT2D eigenvalue weighted by Gasteiger charge is 2.48. The van der Waals surface area contributed by atoms with Crippen molar-refractivity contribution in [2.75, 3.05) is 15.5 Å². The molecule has 0 aliphatic carbocycles. The number of imide groups is 1. The van der Waals surface area contributed by atoms with Crippen molar-refractivity contribution in [3.05, 3.63) is 86.4 Å². The van der Waals surface area contributed by atoms with E-state index < -0.39 is 16.4 Å². The number of nitrogens with one attached hydrogen (secondary N) is 4. The van der Waals surface area contributed by atoms with E-state index in [9.17, 15) is 33.6 Å². The maximum Gasteiger partial charge on any atom is 0.253 e. The van der Waals surface area contributed by atoms with E-state index in [1.807, 2.05) is 177 Å². The van der Waals surface area contributed by atoms with Crippen LogP contribution in [0, 0.1) is 43.8 Å². The zero-order valence-electron chi connectivity index (χ0n) is 81.7. The van der Waals surface area contributed by atoms with Gasteiger partial charge in [-0.3, -0.25) is 38.5 Å². The number of para-hydroxylation sites is 1. The molecule has 0 saturated carbocycles. The molecule has 4 heterocycles. The number of carbonyl (C=O) groups excluding carboxylic acids is 5. The van der Waals surface area contributed by atoms with Gasteiger partial charge in [-0.2, -0.15) is 0 Å². The Labute approximate surface area is 694 Å². The van der Waals surface area contributed by atoms with Gasteiger partial charge in [0.25, 0.3) is 10.9 Å². The number of hydrogen-bond donors (Lipinski definition) is 4. The molecule has 1 saturated heterocycles. The summed E-state index contributed by atoms with van der Waals surface area (Å²) in [5, 5.41) is 29.5. The van der Waals surface area contributed by atoms with Crippen LogP contribution in [0.2, 0.25) is 0 Å². The minimum atomic E-state index is -0.429. The monoisotopic (exact) mass is 1590 g/mol. The molecule has 2 aliphatic rings. The van der Waals surface area contributed by atoms with Gasteiger partial charge in [0.15, 0.2) is 0 Å². The van der Waals surface area contributed by atoms with E-state index in [1.165, 1.54) is 28.1 Å². The van der Waals surface area contributed by atoms with Gasteiger partial charge in [-0.05, 0) is 211 Å². The van der Waals surface area contributed by atoms with E-state index in [4.69, 9.17) is 0 Å². The normalized spacial score (nSPS) is 14.8. The molecule has 0 spiro atoms. The number of nitrogens with zero attached hydrogens (tertiary/aromatic N) is 8. The minimum absolute atomic E-state index is 0.0132. The van der Waals surface area contributed by atoms with Crippen LogP contribution in [0.25, 0.3) is 22.5 Å². The second-order valence-electron chi connectivity index (χ2n) is 48.5. The van der Waals surface area contributed by atoms with Crippen LogP contribution in [0.15, 0.2) is 64.3 Å². The molecule has 650 valence electrons. The lowest BCUT2D eigenvalue weighted by molar-refractivity contribution is -0.145. The number of amides is 4. The minimum Gasteiger partial charge on any atom is -0.375 e. The summed E-state index contributed by atoms with van der Waals surface area (Å²) < 4.78 is 3.98. The molecule has 4 N–H and O–H groups in total. The fraction of sp³-hybridized carbons (Fsp3) is 0.737. The quantitative estimate of drug-likeness (QED) is 0.0968. The molecule has 5 aromatic rings. The molecule has 19 heteroatoms. The Morgan fingerprint density at radius 3 is 1.08 bits per heavy atom. The Morgan fingerprint density at radius 2 is 0.816 bits per heavy atom. The molecule has 114 heavy (non-hydrogen) atoms. The fourth-order valence-electron chi connectivity index (χ4n) is 12.0. The lowest BCUT2D eigenvalue weighted by Crippen LogP contribution is -2.46. The number of Topliss-reactive ketones (excluding diaryl/α,β-unsaturated/α-hetero) is 1. The first-order valence-corrected chi connectivity index (χ1v) is 41.3. The molecule has 4 amide bonds. The highest BCUT2D eigenvalue weighted by atomic mass is 16.2. The summed E-state index contributed by atoms with van der Waals surface area (Å²) in [7, 11) is 0. The highest BCUT2D eigenvalue weighted by molar-refractivity contribution is 6.04. The lowest BCUT2D eigenvalue weighted by Gasteiger charge is -2.40. The molecule has 0 radical (unpaired) electrons. The third-order valence-electron chi connectivity index (χ3n) is 16.7. The molecular formula is C95H168N12O7. The van der Waals surface area contributed by atoms with Crippen LogP contribution >= 0.6 is 0 Å². The number of fused-ring (bicyclic) bond motifs is 5. The van der Waals surface area contributed by atoms with Crippen molar-refractivity contribution in [1.29, 1.82) is 0 Å². The SMILES string of the molecule is CC(C)(C)C1CC(=O)N(C(C)(C)C)C1=O.CC(C)(C)CC(=O)CC(C)(C)C.CC(C)(C)CC(C)(C)C.CC(C)(C)N1Cc2ccccc2-c2c(nnn2C(C)(C)C)-c2ccccc21.CC(C)(C)NC(=O)C(C)(C)C.CC(C)(C)NC(=O)C(C)(C)C.CC(C)(C)Nc1c(NC(C)(C)C)c(=O)c1=O.CC(C)(C)c1cn(C(C)(C)C)nn1. The summed E-state index contributed by atoms with van der Waals surface area (Å²) in [6.45, 7) is 100. The van der Waals surface area contributed by atoms with Crippen LogP contribution in [-0.4, -0.2) is 97.5 Å². The summed E-state index contributed by atoms with van der Waals surface area (Å²) in [6.07, 6.45) is 5.08. The van der Waals surface area contributed by atoms with Crippen LogP contribution < -0.4 is 37.0 Å². The Kier molecular flexibility index (Phi) is 36.2. The maximum absolute atomic E-state index is 12.1. The Morgan fingerprint density at radius 1 is 0.430 bits per heavy atom. The van der Waals surface area contributed by atoms with Crippen LogP contribution in [0.3, 0.4) is 0 Å². The number of anilines is 3. The summed E-state index contributed by atoms with van der Waals surface area (Å²) >= 11 is 0. The maximum atomic E-state index is 12.1. The number of carbonyl (C=O) groups is 5. The number of rotatable bonds is 4. The van der Waals surface area contributed by atoms with Crippen molar-refractivity contribution < 1.29 is 24.0 Å². The molecule has 3 aromatic carbocycles. The van der Waals surface area contributed by atoms with E-state index in [0.717, 1.165) is 29.2 Å². The molecule has 1 atom stereocenters. The first kappa shape index (κ1) is 107. The van der Waals surface area contributed by atoms with Gasteiger partial charge in [0.1, 0.15) is 22.9 Å². The molecule has 1 fully saturated rings. The first-order chi connectivity index (χ1) is 50.0. The summed E-state index contributed by atoms with van der Waals surface area (Å²) in [6, 6.07) is 17.2. The zero-order valence-corrected chi connectivity index (χ0v) is 81.7. The average Bonchev–Trinajstić information content (AvgIpc) is 1.49. The van der Waals surface area contributed by atoms with Gasteiger partial charge in [-0.25, -0.2) is 9.36 Å². The molecule has 2 aromatic heterocycles. The van der Waals surface area contributed by atoms with Gasteiger partial charge >= 0.3 is 0 Å². The predicted molar refractivity (Wildman–Crippen MR) is 484 cm³/mol. The number of ketones is 1. The van der Waals surface area contributed by atoms with Crippen molar-refractivity contribution in [3.8, 4) is 22.5 Å². The second kappa shape index (κ2) is 38.6. The van der Waals surface area contributed by atoms with Gasteiger partial charge < -0.3 is 26.2 Å². The van der Waals surface area contributed by atoms with Crippen LogP contribution in [0.5, 0.6) is 0 Å². The van der Waals surface area contributed by atoms with Gasteiger partial charge in [0.2, 0.25) is 23.6 Å². The summed E-state index contributed by atoms with van der Waals surface area (Å²) in [4.78, 5) is 84.9. The molecule has 1 unspecified atom stereocenters. The van der Waals surface area contributed by atoms with E-state index in [0.29, 0.717) is 47.3 Å². The standard InChI is InChI=1S/C23H28N4.C12H20N2O2.C12H21NO2.C11H22O.C10H19N3.2C9H19NO.C9H20/c1-22(2,3)26-15-16-11-7-8-12-17(16)21-20(18-13-9-10-14-19(18)26)24-25-27(21)23(4,5)6;1-11(2,3)13-7-8(10(16)9(7)15)14-12(4,5)6;1-11(2,3)8-7-9(14)13(10(8)15)12(4,5)6;1-10(2,3)7-9(12)8-11(4,5)6;1-9(2,3)8-7-13(12-11-8)10(4,5)6;2*1-8(2,3)7(11)10-9(4,5)6;1-8(2,3)7-9(4,5)6/h7-14H,15H2,1-6H3;13-14H,1-6H3;8H,7H2,1-6H3;7-8H2,1-6H3;7H,1-6H3;2*1-6H3,(H,10,11);7H2,1-6H3. The molecule has 19 nitrogen and oxygen atoms in total. The number of hydrogen-bond acceptors (Lipinski definition) is 14. The van der Waals surface area contributed by atoms with Crippen molar-refractivity contribution in [2.45, 2.75) is 414 Å². The Bertz CT molecular complexity index is 3840. The third kappa shape index (κ3) is 39.7. The van der Waals surface area contributed by atoms with Crippen molar-refractivity contribution in [2.24, 2.45) is 43.8 Å². The number of aromatic nitrogens is 6. The first-order valence-electron chi connectivity index (χ1n) is 41.3. The van der Waals surface area contributed by atoms with Crippen LogP contribution in [-0.2, 0) is 47.0 Å². The van der Waals surface area contributed by atoms with Gasteiger partial charge in [-0.1, -0.05) is 219 Å².